The highest BCUT2D eigenvalue weighted by Crippen LogP contribution is 2.48. The third kappa shape index (κ3) is 1.41. The fourth-order valence-electron chi connectivity index (χ4n) is 3.57. The van der Waals surface area contributed by atoms with Gasteiger partial charge < -0.3 is 0 Å². The molecule has 0 nitrogen and oxygen atoms in total. The second kappa shape index (κ2) is 3.40. The van der Waals surface area contributed by atoms with Crippen LogP contribution in [0.2, 0.25) is 0 Å². The monoisotopic (exact) mass is 166 g/mol. The molecule has 0 saturated heterocycles. The van der Waals surface area contributed by atoms with Gasteiger partial charge in [-0.25, -0.2) is 0 Å². The van der Waals surface area contributed by atoms with Crippen LogP contribution in [0.1, 0.15) is 52.4 Å². The van der Waals surface area contributed by atoms with Crippen molar-refractivity contribution in [3.63, 3.8) is 0 Å². The van der Waals surface area contributed by atoms with E-state index in [1.807, 2.05) is 0 Å². The molecule has 70 valence electrons. The minimum atomic E-state index is 1.03. The van der Waals surface area contributed by atoms with E-state index < -0.39 is 0 Å². The summed E-state index contributed by atoms with van der Waals surface area (Å²) in [4.78, 5) is 0. The molecule has 0 radical (unpaired) electrons. The van der Waals surface area contributed by atoms with Crippen molar-refractivity contribution in [1.29, 1.82) is 0 Å². The summed E-state index contributed by atoms with van der Waals surface area (Å²) in [6.45, 7) is 4.83. The molecule has 2 saturated carbocycles. The minimum Gasteiger partial charge on any atom is -0.0651 e. The molecule has 4 unspecified atom stereocenters. The van der Waals surface area contributed by atoms with E-state index in [0.29, 0.717) is 0 Å². The van der Waals surface area contributed by atoms with Crippen molar-refractivity contribution in [2.24, 2.45) is 23.7 Å². The predicted octanol–water partition coefficient (Wildman–Crippen LogP) is 3.86. The van der Waals surface area contributed by atoms with Gasteiger partial charge in [-0.2, -0.15) is 0 Å². The van der Waals surface area contributed by atoms with Gasteiger partial charge in [0.05, 0.1) is 0 Å². The van der Waals surface area contributed by atoms with Gasteiger partial charge >= 0.3 is 0 Å². The summed E-state index contributed by atoms with van der Waals surface area (Å²) >= 11 is 0. The Hall–Kier alpha value is 0. The van der Waals surface area contributed by atoms with Gasteiger partial charge in [0.15, 0.2) is 0 Å². The highest BCUT2D eigenvalue weighted by molar-refractivity contribution is 4.88. The molecular formula is C12H22. The van der Waals surface area contributed by atoms with Gasteiger partial charge in [-0.1, -0.05) is 26.7 Å². The molecule has 2 aliphatic rings. The average molecular weight is 166 g/mol. The Kier molecular flexibility index (Phi) is 2.43. The number of fused-ring (bicyclic) bond motifs is 1. The van der Waals surface area contributed by atoms with Crippen LogP contribution < -0.4 is 0 Å². The van der Waals surface area contributed by atoms with E-state index >= 15 is 0 Å². The maximum atomic E-state index is 2.45. The third-order valence-corrected chi connectivity index (χ3v) is 4.35. The van der Waals surface area contributed by atoms with Crippen molar-refractivity contribution in [3.05, 3.63) is 0 Å². The van der Waals surface area contributed by atoms with Gasteiger partial charge in [0.25, 0.3) is 0 Å². The van der Waals surface area contributed by atoms with Crippen molar-refractivity contribution in [3.8, 4) is 0 Å². The Labute approximate surface area is 76.7 Å². The fraction of sp³-hybridized carbons (Fsp3) is 1.00. The highest BCUT2D eigenvalue weighted by Gasteiger charge is 2.37. The summed E-state index contributed by atoms with van der Waals surface area (Å²) in [5, 5.41) is 0. The second-order valence-electron chi connectivity index (χ2n) is 5.09. The molecule has 0 heterocycles. The van der Waals surface area contributed by atoms with Gasteiger partial charge in [0.1, 0.15) is 0 Å². The average Bonchev–Trinajstić information content (AvgIpc) is 2.46. The summed E-state index contributed by atoms with van der Waals surface area (Å²) in [6.07, 6.45) is 9.13. The molecule has 2 rings (SSSR count). The Balaban J connectivity index is 2.00. The van der Waals surface area contributed by atoms with E-state index in [1.165, 1.54) is 12.8 Å². The lowest BCUT2D eigenvalue weighted by Gasteiger charge is -2.32. The summed E-state index contributed by atoms with van der Waals surface area (Å²) in [5.41, 5.74) is 0. The first-order chi connectivity index (χ1) is 5.81. The summed E-state index contributed by atoms with van der Waals surface area (Å²) in [7, 11) is 0. The van der Waals surface area contributed by atoms with Crippen LogP contribution in [-0.2, 0) is 0 Å². The van der Waals surface area contributed by atoms with Crippen LogP contribution in [0.5, 0.6) is 0 Å². The van der Waals surface area contributed by atoms with Crippen LogP contribution in [0.4, 0.5) is 0 Å². The van der Waals surface area contributed by atoms with Crippen molar-refractivity contribution < 1.29 is 0 Å². The molecule has 0 amide bonds. The molecule has 4 atom stereocenters. The first kappa shape index (κ1) is 8.59. The Morgan fingerprint density at radius 1 is 1.08 bits per heavy atom. The van der Waals surface area contributed by atoms with Crippen molar-refractivity contribution in [2.75, 3.05) is 0 Å². The molecule has 0 aromatic rings. The zero-order valence-corrected chi connectivity index (χ0v) is 8.55. The van der Waals surface area contributed by atoms with E-state index in [2.05, 4.69) is 13.8 Å². The smallest absolute Gasteiger partial charge is 0.0355 e. The molecular weight excluding hydrogens is 144 g/mol. The lowest BCUT2D eigenvalue weighted by atomic mass is 9.73. The van der Waals surface area contributed by atoms with Gasteiger partial charge in [-0.3, -0.25) is 0 Å². The Bertz CT molecular complexity index is 144. The van der Waals surface area contributed by atoms with Gasteiger partial charge in [-0.15, -0.1) is 0 Å². The van der Waals surface area contributed by atoms with Crippen molar-refractivity contribution in [1.82, 2.24) is 0 Å². The second-order valence-corrected chi connectivity index (χ2v) is 5.09. The molecule has 0 heteroatoms. The normalized spacial score (nSPS) is 47.5. The zero-order chi connectivity index (χ0) is 8.55. The quantitative estimate of drug-likeness (QED) is 0.555. The number of rotatable bonds is 1. The van der Waals surface area contributed by atoms with Gasteiger partial charge in [0.2, 0.25) is 0 Å². The third-order valence-electron chi connectivity index (χ3n) is 4.35. The van der Waals surface area contributed by atoms with E-state index in [-0.39, 0.29) is 0 Å². The first-order valence-electron chi connectivity index (χ1n) is 5.81. The van der Waals surface area contributed by atoms with Crippen LogP contribution in [0, 0.1) is 23.7 Å². The van der Waals surface area contributed by atoms with Crippen molar-refractivity contribution in [2.45, 2.75) is 52.4 Å². The standard InChI is InChI=1S/C12H22/c1-3-10-6-7-11-5-4-9(2)8-12(10)11/h9-12H,3-8H2,1-2H3. The van der Waals surface area contributed by atoms with E-state index in [0.717, 1.165) is 23.7 Å². The summed E-state index contributed by atoms with van der Waals surface area (Å²) in [6, 6.07) is 0. The maximum Gasteiger partial charge on any atom is -0.0355 e. The molecule has 0 aromatic heterocycles. The zero-order valence-electron chi connectivity index (χ0n) is 8.55. The molecule has 0 spiro atoms. The lowest BCUT2D eigenvalue weighted by molar-refractivity contribution is 0.179. The first-order valence-corrected chi connectivity index (χ1v) is 5.81. The summed E-state index contributed by atoms with van der Waals surface area (Å²) < 4.78 is 0. The van der Waals surface area contributed by atoms with E-state index in [4.69, 9.17) is 0 Å². The summed E-state index contributed by atoms with van der Waals surface area (Å²) in [5.74, 6) is 4.38. The van der Waals surface area contributed by atoms with E-state index in [1.54, 1.807) is 25.7 Å². The molecule has 2 fully saturated rings. The molecule has 2 aliphatic carbocycles. The van der Waals surface area contributed by atoms with Gasteiger partial charge in [0, 0.05) is 0 Å². The number of hydrogen-bond donors (Lipinski definition) is 0. The molecule has 12 heavy (non-hydrogen) atoms. The Morgan fingerprint density at radius 2 is 1.83 bits per heavy atom. The Morgan fingerprint density at radius 3 is 2.58 bits per heavy atom. The largest absolute Gasteiger partial charge is 0.0651 e. The molecule has 0 bridgehead atoms. The van der Waals surface area contributed by atoms with Crippen LogP contribution in [0.15, 0.2) is 0 Å². The van der Waals surface area contributed by atoms with Crippen LogP contribution >= 0.6 is 0 Å². The van der Waals surface area contributed by atoms with Crippen LogP contribution in [-0.4, -0.2) is 0 Å². The molecule has 0 N–H and O–H groups in total. The topological polar surface area (TPSA) is 0 Å². The van der Waals surface area contributed by atoms with Crippen LogP contribution in [0.25, 0.3) is 0 Å². The minimum absolute atomic E-state index is 1.03. The van der Waals surface area contributed by atoms with Gasteiger partial charge in [-0.05, 0) is 49.4 Å². The van der Waals surface area contributed by atoms with Crippen LogP contribution in [0.3, 0.4) is 0 Å². The fourth-order valence-corrected chi connectivity index (χ4v) is 3.57. The predicted molar refractivity (Wildman–Crippen MR) is 53.0 cm³/mol. The molecule has 0 aromatic carbocycles. The van der Waals surface area contributed by atoms with E-state index in [9.17, 15) is 0 Å². The number of hydrogen-bond acceptors (Lipinski definition) is 0. The maximum absolute atomic E-state index is 2.45. The SMILES string of the molecule is CCC1CCC2CCC(C)CC12. The lowest BCUT2D eigenvalue weighted by Crippen LogP contribution is -2.23. The highest BCUT2D eigenvalue weighted by atomic mass is 14.4. The van der Waals surface area contributed by atoms with Crippen molar-refractivity contribution >= 4 is 0 Å². The molecule has 0 aliphatic heterocycles.